The van der Waals surface area contributed by atoms with Gasteiger partial charge in [0, 0.05) is 0 Å². The summed E-state index contributed by atoms with van der Waals surface area (Å²) in [5.74, 6) is -5.77. The van der Waals surface area contributed by atoms with E-state index >= 15 is 0 Å². The van der Waals surface area contributed by atoms with E-state index in [0.29, 0.717) is 0 Å². The molecule has 0 unspecified atom stereocenters. The van der Waals surface area contributed by atoms with Gasteiger partial charge in [0.25, 0.3) is 5.83 Å². The molecular weight excluding hydrogens is 247 g/mol. The van der Waals surface area contributed by atoms with Gasteiger partial charge in [-0.1, -0.05) is 6.92 Å². The molecule has 0 aromatic heterocycles. The number of halogens is 7. The highest BCUT2D eigenvalue weighted by Crippen LogP contribution is 2.30. The molecule has 0 saturated carbocycles. The van der Waals surface area contributed by atoms with E-state index in [1.165, 1.54) is 6.92 Å². The van der Waals surface area contributed by atoms with Gasteiger partial charge in [0.05, 0.1) is 6.61 Å². The van der Waals surface area contributed by atoms with Crippen molar-refractivity contribution in [2.45, 2.75) is 25.8 Å². The molecule has 0 amide bonds. The minimum absolute atomic E-state index is 0.0206. The molecule has 0 fully saturated rings. The summed E-state index contributed by atoms with van der Waals surface area (Å²) in [6.45, 7) is 0.780. The number of ether oxygens (including phenoxy) is 1. The van der Waals surface area contributed by atoms with Crippen molar-refractivity contribution in [3.63, 3.8) is 0 Å². The minimum Gasteiger partial charge on any atom is -0.315 e. The van der Waals surface area contributed by atoms with E-state index in [1.807, 2.05) is 0 Å². The van der Waals surface area contributed by atoms with Crippen molar-refractivity contribution in [1.82, 2.24) is 5.32 Å². The molecule has 0 spiro atoms. The number of alkyl halides is 5. The van der Waals surface area contributed by atoms with Crippen LogP contribution < -0.4 is 5.32 Å². The first-order chi connectivity index (χ1) is 7.10. The summed E-state index contributed by atoms with van der Waals surface area (Å²) in [6, 6.07) is 0. The zero-order valence-corrected chi connectivity index (χ0v) is 7.97. The van der Waals surface area contributed by atoms with Gasteiger partial charge in [0.2, 0.25) is 5.95 Å². The van der Waals surface area contributed by atoms with Gasteiger partial charge >= 0.3 is 12.4 Å². The summed E-state index contributed by atoms with van der Waals surface area (Å²) in [6.07, 6.45) is -10.0. The lowest BCUT2D eigenvalue weighted by Crippen LogP contribution is -2.33. The SMILES string of the molecule is CCCOC(F)(F)/C(F)=C(\F)NC(F)(F)F. The van der Waals surface area contributed by atoms with Crippen LogP contribution in [0.1, 0.15) is 13.3 Å². The van der Waals surface area contributed by atoms with Gasteiger partial charge in [-0.05, 0) is 6.42 Å². The fourth-order valence-corrected chi connectivity index (χ4v) is 0.601. The first-order valence-corrected chi connectivity index (χ1v) is 4.02. The molecule has 96 valence electrons. The van der Waals surface area contributed by atoms with Crippen LogP contribution in [0.4, 0.5) is 30.7 Å². The summed E-state index contributed by atoms with van der Waals surface area (Å²) in [4.78, 5) is 0. The lowest BCUT2D eigenvalue weighted by molar-refractivity contribution is -0.223. The fourth-order valence-electron chi connectivity index (χ4n) is 0.601. The Balaban J connectivity index is 4.71. The van der Waals surface area contributed by atoms with Crippen molar-refractivity contribution in [2.75, 3.05) is 6.61 Å². The minimum atomic E-state index is -5.34. The molecule has 0 atom stereocenters. The third kappa shape index (κ3) is 5.19. The second-order valence-electron chi connectivity index (χ2n) is 2.62. The summed E-state index contributed by atoms with van der Waals surface area (Å²) in [7, 11) is 0. The highest BCUT2D eigenvalue weighted by molar-refractivity contribution is 5.04. The number of rotatable bonds is 5. The molecule has 0 aliphatic heterocycles. The van der Waals surface area contributed by atoms with Crippen molar-refractivity contribution in [2.24, 2.45) is 0 Å². The van der Waals surface area contributed by atoms with Crippen molar-refractivity contribution in [3.05, 3.63) is 11.8 Å². The molecular formula is C7H8F7NO. The maximum absolute atomic E-state index is 12.5. The van der Waals surface area contributed by atoms with Crippen LogP contribution in [0, 0.1) is 0 Å². The van der Waals surface area contributed by atoms with Gasteiger partial charge in [-0.15, -0.1) is 0 Å². The summed E-state index contributed by atoms with van der Waals surface area (Å²) < 4.78 is 87.8. The average molecular weight is 255 g/mol. The Bertz CT molecular complexity index is 260. The van der Waals surface area contributed by atoms with Gasteiger partial charge in [-0.25, -0.2) is 0 Å². The van der Waals surface area contributed by atoms with Crippen molar-refractivity contribution >= 4 is 0 Å². The first kappa shape index (κ1) is 15.0. The molecule has 0 aromatic carbocycles. The van der Waals surface area contributed by atoms with Crippen molar-refractivity contribution < 1.29 is 35.5 Å². The number of hydrogen-bond donors (Lipinski definition) is 1. The van der Waals surface area contributed by atoms with Crippen LogP contribution in [0.2, 0.25) is 0 Å². The Morgan fingerprint density at radius 2 is 1.62 bits per heavy atom. The summed E-state index contributed by atoms with van der Waals surface area (Å²) in [5.41, 5.74) is 0. The number of hydrogen-bond acceptors (Lipinski definition) is 2. The van der Waals surface area contributed by atoms with Crippen molar-refractivity contribution in [1.29, 1.82) is 0 Å². The van der Waals surface area contributed by atoms with Crippen LogP contribution in [0.3, 0.4) is 0 Å². The highest BCUT2D eigenvalue weighted by Gasteiger charge is 2.42. The van der Waals surface area contributed by atoms with E-state index in [9.17, 15) is 30.7 Å². The zero-order valence-electron chi connectivity index (χ0n) is 7.97. The predicted molar refractivity (Wildman–Crippen MR) is 39.6 cm³/mol. The van der Waals surface area contributed by atoms with Crippen LogP contribution in [0.25, 0.3) is 0 Å². The van der Waals surface area contributed by atoms with Crippen LogP contribution in [0.15, 0.2) is 11.8 Å². The van der Waals surface area contributed by atoms with Crippen LogP contribution in [-0.2, 0) is 4.74 Å². The van der Waals surface area contributed by atoms with E-state index < -0.39 is 30.8 Å². The Kier molecular flexibility index (Phi) is 5.04. The molecule has 0 saturated heterocycles. The van der Waals surface area contributed by atoms with E-state index in [-0.39, 0.29) is 11.7 Å². The molecule has 9 heteroatoms. The number of nitrogens with one attached hydrogen (secondary N) is 1. The van der Waals surface area contributed by atoms with Gasteiger partial charge in [-0.3, -0.25) is 5.32 Å². The van der Waals surface area contributed by atoms with E-state index in [1.54, 1.807) is 0 Å². The van der Waals surface area contributed by atoms with E-state index in [2.05, 4.69) is 4.74 Å². The Morgan fingerprint density at radius 1 is 1.12 bits per heavy atom. The second-order valence-corrected chi connectivity index (χ2v) is 2.62. The predicted octanol–water partition coefficient (Wildman–Crippen LogP) is 3.22. The standard InChI is InChI=1S/C7H8F7NO/c1-2-3-16-6(10,11)4(8)5(9)15-7(12,13)14/h15H,2-3H2,1H3/b5-4-. The quantitative estimate of drug-likeness (QED) is 0.601. The third-order valence-electron chi connectivity index (χ3n) is 1.19. The lowest BCUT2D eigenvalue weighted by atomic mass is 10.5. The largest absolute Gasteiger partial charge is 0.484 e. The average Bonchev–Trinajstić information content (AvgIpc) is 2.10. The maximum atomic E-state index is 12.5. The molecule has 0 heterocycles. The highest BCUT2D eigenvalue weighted by atomic mass is 19.4. The van der Waals surface area contributed by atoms with E-state index in [0.717, 1.165) is 0 Å². The van der Waals surface area contributed by atoms with Gasteiger partial charge < -0.3 is 4.74 Å². The third-order valence-corrected chi connectivity index (χ3v) is 1.19. The molecule has 0 rings (SSSR count). The molecule has 0 aromatic rings. The Hall–Kier alpha value is -0.990. The van der Waals surface area contributed by atoms with Crippen LogP contribution >= 0.6 is 0 Å². The normalized spacial score (nSPS) is 14.8. The Morgan fingerprint density at radius 3 is 2.00 bits per heavy atom. The topological polar surface area (TPSA) is 21.3 Å². The second kappa shape index (κ2) is 5.37. The monoisotopic (exact) mass is 255 g/mol. The molecule has 0 radical (unpaired) electrons. The van der Waals surface area contributed by atoms with Crippen LogP contribution in [0.5, 0.6) is 0 Å². The maximum Gasteiger partial charge on any atom is 0.484 e. The van der Waals surface area contributed by atoms with Crippen LogP contribution in [-0.4, -0.2) is 19.0 Å². The van der Waals surface area contributed by atoms with E-state index in [4.69, 9.17) is 0 Å². The lowest BCUT2D eigenvalue weighted by Gasteiger charge is -2.16. The molecule has 0 bridgehead atoms. The molecule has 16 heavy (non-hydrogen) atoms. The molecule has 1 N–H and O–H groups in total. The fraction of sp³-hybridized carbons (Fsp3) is 0.714. The Labute approximate surface area is 86.1 Å². The first-order valence-electron chi connectivity index (χ1n) is 4.02. The zero-order chi connectivity index (χ0) is 13.0. The summed E-state index contributed by atoms with van der Waals surface area (Å²) in [5, 5.41) is -0.0206. The molecule has 2 nitrogen and oxygen atoms in total. The molecule has 0 aliphatic carbocycles. The molecule has 0 aliphatic rings. The summed E-state index contributed by atoms with van der Waals surface area (Å²) >= 11 is 0. The smallest absolute Gasteiger partial charge is 0.315 e. The van der Waals surface area contributed by atoms with Gasteiger partial charge in [0.15, 0.2) is 0 Å². The van der Waals surface area contributed by atoms with Gasteiger partial charge in [0.1, 0.15) is 0 Å². The van der Waals surface area contributed by atoms with Gasteiger partial charge in [-0.2, -0.15) is 30.7 Å². The van der Waals surface area contributed by atoms with Crippen molar-refractivity contribution in [3.8, 4) is 0 Å².